The van der Waals surface area contributed by atoms with E-state index in [2.05, 4.69) is 31.5 Å². The minimum Gasteiger partial charge on any atom is -0.335 e. The van der Waals surface area contributed by atoms with Gasteiger partial charge in [-0.1, -0.05) is 17.7 Å². The summed E-state index contributed by atoms with van der Waals surface area (Å²) in [4.78, 5) is 24.7. The predicted octanol–water partition coefficient (Wildman–Crippen LogP) is 2.85. The van der Waals surface area contributed by atoms with Crippen LogP contribution in [0.15, 0.2) is 48.8 Å². The number of carbonyl (C=O) groups excluding carboxylic acids is 2. The molecular weight excluding hydrogens is 382 g/mol. The van der Waals surface area contributed by atoms with Crippen LogP contribution >= 0.6 is 11.6 Å². The average molecular weight is 398 g/mol. The third kappa shape index (κ3) is 4.26. The van der Waals surface area contributed by atoms with E-state index in [4.69, 9.17) is 11.6 Å². The lowest BCUT2D eigenvalue weighted by Gasteiger charge is -2.12. The molecule has 10 heteroatoms. The van der Waals surface area contributed by atoms with Crippen molar-refractivity contribution in [3.63, 3.8) is 0 Å². The Morgan fingerprint density at radius 3 is 2.57 bits per heavy atom. The van der Waals surface area contributed by atoms with E-state index in [0.29, 0.717) is 27.6 Å². The quantitative estimate of drug-likeness (QED) is 0.612. The SMILES string of the molecule is O=C(Nc1cccc(NC(=O)c2cc(Cl)ccc2-n2cnnn2)c1)NC1CC1. The summed E-state index contributed by atoms with van der Waals surface area (Å²) in [5, 5.41) is 19.8. The maximum absolute atomic E-state index is 12.8. The first-order chi connectivity index (χ1) is 13.6. The molecule has 0 unspecified atom stereocenters. The number of amides is 3. The van der Waals surface area contributed by atoms with Crippen LogP contribution in [0.4, 0.5) is 16.2 Å². The third-order valence-corrected chi connectivity index (χ3v) is 4.33. The molecule has 9 nitrogen and oxygen atoms in total. The number of anilines is 2. The predicted molar refractivity (Wildman–Crippen MR) is 104 cm³/mol. The summed E-state index contributed by atoms with van der Waals surface area (Å²) in [7, 11) is 0. The van der Waals surface area contributed by atoms with Crippen LogP contribution in [0.3, 0.4) is 0 Å². The van der Waals surface area contributed by atoms with Crippen LogP contribution in [-0.4, -0.2) is 38.2 Å². The van der Waals surface area contributed by atoms with Gasteiger partial charge in [0, 0.05) is 22.4 Å². The summed E-state index contributed by atoms with van der Waals surface area (Å²) in [5.41, 5.74) is 1.90. The fourth-order valence-electron chi connectivity index (χ4n) is 2.61. The standard InChI is InChI=1S/C18H16ClN7O2/c19-11-4-7-16(26-10-20-24-25-26)15(8-11)17(27)21-13-2-1-3-14(9-13)23-18(28)22-12-5-6-12/h1-4,7-10,12H,5-6H2,(H,21,27)(H2,22,23,28). The lowest BCUT2D eigenvalue weighted by molar-refractivity contribution is 0.102. The number of tetrazole rings is 1. The molecule has 3 N–H and O–H groups in total. The molecule has 3 amide bonds. The molecule has 1 heterocycles. The Morgan fingerprint density at radius 1 is 1.07 bits per heavy atom. The van der Waals surface area contributed by atoms with E-state index < -0.39 is 0 Å². The first-order valence-corrected chi connectivity index (χ1v) is 8.98. The molecule has 1 saturated carbocycles. The van der Waals surface area contributed by atoms with Gasteiger partial charge in [0.05, 0.1) is 11.3 Å². The normalized spacial score (nSPS) is 13.0. The van der Waals surface area contributed by atoms with Crippen LogP contribution in [0, 0.1) is 0 Å². The van der Waals surface area contributed by atoms with Gasteiger partial charge < -0.3 is 16.0 Å². The van der Waals surface area contributed by atoms with Gasteiger partial charge >= 0.3 is 6.03 Å². The smallest absolute Gasteiger partial charge is 0.319 e. The van der Waals surface area contributed by atoms with Gasteiger partial charge in [-0.3, -0.25) is 4.79 Å². The topological polar surface area (TPSA) is 114 Å². The van der Waals surface area contributed by atoms with Crippen molar-refractivity contribution in [2.45, 2.75) is 18.9 Å². The number of benzene rings is 2. The highest BCUT2D eigenvalue weighted by Crippen LogP contribution is 2.22. The number of rotatable bonds is 5. The number of hydrogen-bond acceptors (Lipinski definition) is 5. The molecular formula is C18H16ClN7O2. The maximum Gasteiger partial charge on any atom is 0.319 e. The number of nitrogens with zero attached hydrogens (tertiary/aromatic N) is 4. The van der Waals surface area contributed by atoms with Gasteiger partial charge in [-0.25, -0.2) is 4.79 Å². The van der Waals surface area contributed by atoms with Gasteiger partial charge in [0.15, 0.2) is 0 Å². The summed E-state index contributed by atoms with van der Waals surface area (Å²) in [6.07, 6.45) is 3.41. The molecule has 1 fully saturated rings. The zero-order chi connectivity index (χ0) is 19.5. The number of aromatic nitrogens is 4. The first-order valence-electron chi connectivity index (χ1n) is 8.60. The van der Waals surface area contributed by atoms with Gasteiger partial charge in [-0.05, 0) is 59.7 Å². The average Bonchev–Trinajstić information content (AvgIpc) is 3.30. The fourth-order valence-corrected chi connectivity index (χ4v) is 2.79. The molecule has 4 rings (SSSR count). The molecule has 1 aliphatic carbocycles. The molecule has 0 radical (unpaired) electrons. The Labute approximate surface area is 165 Å². The summed E-state index contributed by atoms with van der Waals surface area (Å²) < 4.78 is 1.38. The molecule has 0 atom stereocenters. The van der Waals surface area contributed by atoms with Crippen LogP contribution in [0.25, 0.3) is 5.69 Å². The Hall–Kier alpha value is -3.46. The number of urea groups is 1. The monoisotopic (exact) mass is 397 g/mol. The van der Waals surface area contributed by atoms with Crippen LogP contribution in [-0.2, 0) is 0 Å². The second-order valence-electron chi connectivity index (χ2n) is 6.32. The zero-order valence-corrected chi connectivity index (χ0v) is 15.3. The van der Waals surface area contributed by atoms with Crippen molar-refractivity contribution in [2.24, 2.45) is 0 Å². The lowest BCUT2D eigenvalue weighted by Crippen LogP contribution is -2.30. The minimum atomic E-state index is -0.382. The van der Waals surface area contributed by atoms with E-state index in [1.807, 2.05) is 0 Å². The second kappa shape index (κ2) is 7.65. The maximum atomic E-state index is 12.8. The number of hydrogen-bond donors (Lipinski definition) is 3. The molecule has 2 aromatic carbocycles. The van der Waals surface area contributed by atoms with Crippen molar-refractivity contribution in [2.75, 3.05) is 10.6 Å². The van der Waals surface area contributed by atoms with Crippen molar-refractivity contribution in [3.05, 3.63) is 59.4 Å². The van der Waals surface area contributed by atoms with E-state index in [1.165, 1.54) is 11.0 Å². The summed E-state index contributed by atoms with van der Waals surface area (Å²) in [6.45, 7) is 0. The number of halogens is 1. The van der Waals surface area contributed by atoms with Crippen LogP contribution in [0.5, 0.6) is 0 Å². The number of carbonyl (C=O) groups is 2. The van der Waals surface area contributed by atoms with Gasteiger partial charge in [0.1, 0.15) is 6.33 Å². The molecule has 3 aromatic rings. The van der Waals surface area contributed by atoms with Crippen LogP contribution in [0.2, 0.25) is 5.02 Å². The first kappa shape index (κ1) is 17.9. The highest BCUT2D eigenvalue weighted by Gasteiger charge is 2.23. The Kier molecular flexibility index (Phi) is 4.90. The zero-order valence-electron chi connectivity index (χ0n) is 14.6. The Morgan fingerprint density at radius 2 is 1.86 bits per heavy atom. The van der Waals surface area contributed by atoms with Crippen LogP contribution in [0.1, 0.15) is 23.2 Å². The van der Waals surface area contributed by atoms with E-state index in [9.17, 15) is 9.59 Å². The van der Waals surface area contributed by atoms with Crippen molar-refractivity contribution < 1.29 is 9.59 Å². The van der Waals surface area contributed by atoms with Gasteiger partial charge in [-0.15, -0.1) is 5.10 Å². The molecule has 0 bridgehead atoms. The second-order valence-corrected chi connectivity index (χ2v) is 6.76. The number of nitrogens with one attached hydrogen (secondary N) is 3. The fraction of sp³-hybridized carbons (Fsp3) is 0.167. The molecule has 28 heavy (non-hydrogen) atoms. The third-order valence-electron chi connectivity index (χ3n) is 4.09. The molecule has 1 aliphatic rings. The molecule has 0 saturated heterocycles. The summed E-state index contributed by atoms with van der Waals surface area (Å²) >= 11 is 6.06. The van der Waals surface area contributed by atoms with Gasteiger partial charge in [0.25, 0.3) is 5.91 Å². The molecule has 0 spiro atoms. The highest BCUT2D eigenvalue weighted by molar-refractivity contribution is 6.31. The molecule has 1 aromatic heterocycles. The molecule has 0 aliphatic heterocycles. The highest BCUT2D eigenvalue weighted by atomic mass is 35.5. The van der Waals surface area contributed by atoms with E-state index in [1.54, 1.807) is 42.5 Å². The summed E-state index contributed by atoms with van der Waals surface area (Å²) in [6, 6.07) is 11.7. The van der Waals surface area contributed by atoms with E-state index in [-0.39, 0.29) is 18.0 Å². The lowest BCUT2D eigenvalue weighted by atomic mass is 10.1. The van der Waals surface area contributed by atoms with Crippen molar-refractivity contribution in [3.8, 4) is 5.69 Å². The van der Waals surface area contributed by atoms with Crippen molar-refractivity contribution >= 4 is 34.9 Å². The Balaban J connectivity index is 1.52. The van der Waals surface area contributed by atoms with Crippen molar-refractivity contribution in [1.82, 2.24) is 25.5 Å². The minimum absolute atomic E-state index is 0.260. The summed E-state index contributed by atoms with van der Waals surface area (Å²) in [5.74, 6) is -0.382. The van der Waals surface area contributed by atoms with Gasteiger partial charge in [-0.2, -0.15) is 4.68 Å². The Bertz CT molecular complexity index is 1020. The van der Waals surface area contributed by atoms with E-state index in [0.717, 1.165) is 12.8 Å². The van der Waals surface area contributed by atoms with Gasteiger partial charge in [0.2, 0.25) is 0 Å². The van der Waals surface area contributed by atoms with Crippen LogP contribution < -0.4 is 16.0 Å². The molecule has 142 valence electrons. The largest absolute Gasteiger partial charge is 0.335 e. The van der Waals surface area contributed by atoms with E-state index >= 15 is 0 Å². The van der Waals surface area contributed by atoms with Crippen molar-refractivity contribution in [1.29, 1.82) is 0 Å².